The van der Waals surface area contributed by atoms with Crippen LogP contribution in [0.15, 0.2) is 43.0 Å². The van der Waals surface area contributed by atoms with E-state index in [1.165, 1.54) is 0 Å². The number of nitrogens with two attached hydrogens (primary N) is 1. The molecule has 0 fully saturated rings. The van der Waals surface area contributed by atoms with Crippen LogP contribution < -0.4 is 11.1 Å². The van der Waals surface area contributed by atoms with Gasteiger partial charge in [-0.05, 0) is 18.6 Å². The molecule has 3 N–H and O–H groups in total. The van der Waals surface area contributed by atoms with Crippen molar-refractivity contribution in [3.05, 3.63) is 43.0 Å². The Labute approximate surface area is 118 Å². The fraction of sp³-hybridized carbons (Fsp3) is 0.333. The fourth-order valence-electron chi connectivity index (χ4n) is 1.99. The van der Waals surface area contributed by atoms with Crippen molar-refractivity contribution in [3.8, 4) is 5.69 Å². The van der Waals surface area contributed by atoms with Crippen molar-refractivity contribution < 1.29 is 4.79 Å². The van der Waals surface area contributed by atoms with Crippen LogP contribution in [0.2, 0.25) is 0 Å². The average Bonchev–Trinajstić information content (AvgIpc) is 2.99. The van der Waals surface area contributed by atoms with Gasteiger partial charge in [0.1, 0.15) is 0 Å². The first-order valence-electron chi connectivity index (χ1n) is 6.86. The predicted octanol–water partition coefficient (Wildman–Crippen LogP) is 2.33. The minimum absolute atomic E-state index is 0.147. The third-order valence-corrected chi connectivity index (χ3v) is 3.15. The molecular formula is C15H20N4O. The number of unbranched alkanes of at least 4 members (excludes halogenated alkanes) is 1. The summed E-state index contributed by atoms with van der Waals surface area (Å²) in [5, 5.41) is 2.89. The number of nitrogens with zero attached hydrogens (tertiary/aromatic N) is 2. The maximum Gasteiger partial charge on any atom is 0.241 e. The van der Waals surface area contributed by atoms with Gasteiger partial charge in [0.25, 0.3) is 0 Å². The summed E-state index contributed by atoms with van der Waals surface area (Å²) < 4.78 is 1.85. The molecule has 2 aromatic rings. The van der Waals surface area contributed by atoms with E-state index in [0.29, 0.717) is 6.42 Å². The number of rotatable bonds is 6. The standard InChI is InChI=1S/C15H20N4O/c1-2-3-6-12(16)15(20)18-13-7-4-5-8-14(13)19-10-9-17-11-19/h4-5,7-12H,2-3,6,16H2,1H3,(H,18,20). The van der Waals surface area contributed by atoms with Gasteiger partial charge in [-0.3, -0.25) is 4.79 Å². The largest absolute Gasteiger partial charge is 0.323 e. The molecule has 0 aliphatic carbocycles. The number of imidazole rings is 1. The van der Waals surface area contributed by atoms with Crippen LogP contribution >= 0.6 is 0 Å². The Morgan fingerprint density at radius 3 is 2.95 bits per heavy atom. The number of amides is 1. The van der Waals surface area contributed by atoms with Crippen LogP contribution in [0.3, 0.4) is 0 Å². The summed E-state index contributed by atoms with van der Waals surface area (Å²) in [6.45, 7) is 2.08. The van der Waals surface area contributed by atoms with E-state index in [9.17, 15) is 4.79 Å². The summed E-state index contributed by atoms with van der Waals surface area (Å²) in [7, 11) is 0. The molecule has 5 nitrogen and oxygen atoms in total. The van der Waals surface area contributed by atoms with Gasteiger partial charge in [0.05, 0.1) is 23.7 Å². The van der Waals surface area contributed by atoms with Crippen molar-refractivity contribution in [3.63, 3.8) is 0 Å². The molecule has 1 aromatic heterocycles. The Balaban J connectivity index is 2.12. The summed E-state index contributed by atoms with van der Waals surface area (Å²) in [5.74, 6) is -0.147. The van der Waals surface area contributed by atoms with E-state index in [2.05, 4.69) is 17.2 Å². The van der Waals surface area contributed by atoms with E-state index in [0.717, 1.165) is 24.2 Å². The monoisotopic (exact) mass is 272 g/mol. The zero-order valence-electron chi connectivity index (χ0n) is 11.6. The van der Waals surface area contributed by atoms with Crippen molar-refractivity contribution >= 4 is 11.6 Å². The maximum atomic E-state index is 12.1. The van der Waals surface area contributed by atoms with E-state index >= 15 is 0 Å². The van der Waals surface area contributed by atoms with E-state index in [1.807, 2.05) is 35.0 Å². The number of aromatic nitrogens is 2. The highest BCUT2D eigenvalue weighted by atomic mass is 16.2. The molecule has 20 heavy (non-hydrogen) atoms. The second kappa shape index (κ2) is 6.86. The van der Waals surface area contributed by atoms with Gasteiger partial charge in [0, 0.05) is 12.4 Å². The molecule has 0 saturated heterocycles. The van der Waals surface area contributed by atoms with Gasteiger partial charge in [-0.25, -0.2) is 4.98 Å². The van der Waals surface area contributed by atoms with Crippen LogP contribution in [0.4, 0.5) is 5.69 Å². The zero-order chi connectivity index (χ0) is 14.4. The van der Waals surface area contributed by atoms with Gasteiger partial charge in [0.2, 0.25) is 5.91 Å². The molecule has 0 radical (unpaired) electrons. The number of carbonyl (C=O) groups excluding carboxylic acids is 1. The molecule has 0 aliphatic heterocycles. The van der Waals surface area contributed by atoms with Crippen LogP contribution in [0.5, 0.6) is 0 Å². The molecule has 0 saturated carbocycles. The van der Waals surface area contributed by atoms with Gasteiger partial charge >= 0.3 is 0 Å². The maximum absolute atomic E-state index is 12.1. The fourth-order valence-corrected chi connectivity index (χ4v) is 1.99. The summed E-state index contributed by atoms with van der Waals surface area (Å²) in [6, 6.07) is 7.12. The molecule has 5 heteroatoms. The van der Waals surface area contributed by atoms with Gasteiger partial charge in [-0.15, -0.1) is 0 Å². The molecule has 2 rings (SSSR count). The van der Waals surface area contributed by atoms with Crippen LogP contribution in [0, 0.1) is 0 Å². The third-order valence-electron chi connectivity index (χ3n) is 3.15. The molecule has 1 amide bonds. The summed E-state index contributed by atoms with van der Waals surface area (Å²) in [6.07, 6.45) is 7.93. The molecular weight excluding hydrogens is 252 g/mol. The Kier molecular flexibility index (Phi) is 4.90. The molecule has 1 unspecified atom stereocenters. The number of hydrogen-bond acceptors (Lipinski definition) is 3. The van der Waals surface area contributed by atoms with E-state index in [1.54, 1.807) is 12.5 Å². The predicted molar refractivity (Wildman–Crippen MR) is 79.7 cm³/mol. The molecule has 1 aromatic carbocycles. The van der Waals surface area contributed by atoms with Crippen LogP contribution in [0.1, 0.15) is 26.2 Å². The van der Waals surface area contributed by atoms with E-state index in [4.69, 9.17) is 5.73 Å². The van der Waals surface area contributed by atoms with Crippen molar-refractivity contribution in [2.24, 2.45) is 5.73 Å². The first kappa shape index (κ1) is 14.3. The van der Waals surface area contributed by atoms with Crippen molar-refractivity contribution in [2.45, 2.75) is 32.2 Å². The molecule has 0 bridgehead atoms. The lowest BCUT2D eigenvalue weighted by Gasteiger charge is -2.15. The summed E-state index contributed by atoms with van der Waals surface area (Å²) in [4.78, 5) is 16.1. The van der Waals surface area contributed by atoms with Crippen LogP contribution in [-0.4, -0.2) is 21.5 Å². The minimum Gasteiger partial charge on any atom is -0.323 e. The zero-order valence-corrected chi connectivity index (χ0v) is 11.6. The Morgan fingerprint density at radius 2 is 2.25 bits per heavy atom. The van der Waals surface area contributed by atoms with Crippen molar-refractivity contribution in [2.75, 3.05) is 5.32 Å². The number of hydrogen-bond donors (Lipinski definition) is 2. The van der Waals surface area contributed by atoms with E-state index in [-0.39, 0.29) is 5.91 Å². The minimum atomic E-state index is -0.467. The molecule has 0 spiro atoms. The number of carbonyl (C=O) groups is 1. The van der Waals surface area contributed by atoms with E-state index < -0.39 is 6.04 Å². The molecule has 1 heterocycles. The van der Waals surface area contributed by atoms with Crippen LogP contribution in [-0.2, 0) is 4.79 Å². The Hall–Kier alpha value is -2.14. The molecule has 1 atom stereocenters. The molecule has 106 valence electrons. The van der Waals surface area contributed by atoms with Gasteiger partial charge in [-0.1, -0.05) is 31.9 Å². The highest BCUT2D eigenvalue weighted by Crippen LogP contribution is 2.19. The first-order valence-corrected chi connectivity index (χ1v) is 6.86. The lowest BCUT2D eigenvalue weighted by molar-refractivity contribution is -0.117. The molecule has 0 aliphatic rings. The van der Waals surface area contributed by atoms with Gasteiger partial charge in [0.15, 0.2) is 0 Å². The van der Waals surface area contributed by atoms with Gasteiger partial charge in [-0.2, -0.15) is 0 Å². The number of para-hydroxylation sites is 2. The topological polar surface area (TPSA) is 72.9 Å². The second-order valence-corrected chi connectivity index (χ2v) is 4.73. The number of nitrogens with one attached hydrogen (secondary N) is 1. The number of benzene rings is 1. The highest BCUT2D eigenvalue weighted by Gasteiger charge is 2.14. The normalized spacial score (nSPS) is 12.1. The number of anilines is 1. The van der Waals surface area contributed by atoms with Crippen molar-refractivity contribution in [1.29, 1.82) is 0 Å². The second-order valence-electron chi connectivity index (χ2n) is 4.73. The highest BCUT2D eigenvalue weighted by molar-refractivity contribution is 5.96. The van der Waals surface area contributed by atoms with Gasteiger partial charge < -0.3 is 15.6 Å². The lowest BCUT2D eigenvalue weighted by atomic mass is 10.1. The smallest absolute Gasteiger partial charge is 0.241 e. The Morgan fingerprint density at radius 1 is 1.45 bits per heavy atom. The van der Waals surface area contributed by atoms with Crippen LogP contribution in [0.25, 0.3) is 5.69 Å². The third kappa shape index (κ3) is 3.45. The average molecular weight is 272 g/mol. The summed E-state index contributed by atoms with van der Waals surface area (Å²) in [5.41, 5.74) is 7.50. The quantitative estimate of drug-likeness (QED) is 0.847. The SMILES string of the molecule is CCCCC(N)C(=O)Nc1ccccc1-n1ccnc1. The first-order chi connectivity index (χ1) is 9.72. The Bertz CT molecular complexity index is 551. The van der Waals surface area contributed by atoms with Crippen molar-refractivity contribution in [1.82, 2.24) is 9.55 Å². The summed E-state index contributed by atoms with van der Waals surface area (Å²) >= 11 is 0. The lowest BCUT2D eigenvalue weighted by Crippen LogP contribution is -2.35.